The van der Waals surface area contributed by atoms with Gasteiger partial charge in [-0.05, 0) is 53.4 Å². The zero-order valence-electron chi connectivity index (χ0n) is 12.8. The number of ether oxygens (including phenoxy) is 1. The number of nitrogens with zero attached hydrogens (tertiary/aromatic N) is 2. The fraction of sp³-hybridized carbons (Fsp3) is 0.438. The van der Waals surface area contributed by atoms with Crippen molar-refractivity contribution >= 4 is 15.9 Å². The van der Waals surface area contributed by atoms with Crippen LogP contribution in [0.4, 0.5) is 0 Å². The van der Waals surface area contributed by atoms with Gasteiger partial charge in [-0.2, -0.15) is 5.10 Å². The van der Waals surface area contributed by atoms with Gasteiger partial charge in [-0.3, -0.25) is 4.68 Å². The summed E-state index contributed by atoms with van der Waals surface area (Å²) in [5.74, 6) is 0.856. The van der Waals surface area contributed by atoms with Crippen molar-refractivity contribution in [1.29, 1.82) is 0 Å². The first-order valence-electron chi connectivity index (χ1n) is 7.18. The standard InChI is InChI=1S/C16H22BrN3O/c1-4-14-16(17)15(20(3)19-14)10-21-13-7-5-12(6-8-13)9-11(2)18/h5-8,11H,4,9-10,18H2,1-3H3. The van der Waals surface area contributed by atoms with Crippen molar-refractivity contribution in [3.05, 3.63) is 45.7 Å². The minimum atomic E-state index is 0.176. The predicted molar refractivity (Wildman–Crippen MR) is 88.4 cm³/mol. The molecule has 2 N–H and O–H groups in total. The summed E-state index contributed by atoms with van der Waals surface area (Å²) in [5.41, 5.74) is 9.14. The van der Waals surface area contributed by atoms with Gasteiger partial charge >= 0.3 is 0 Å². The lowest BCUT2D eigenvalue weighted by Gasteiger charge is -2.09. The van der Waals surface area contributed by atoms with Crippen LogP contribution in [-0.4, -0.2) is 15.8 Å². The second-order valence-corrected chi connectivity index (χ2v) is 6.09. The SMILES string of the molecule is CCc1nn(C)c(COc2ccc(CC(C)N)cc2)c1Br. The average Bonchev–Trinajstić information content (AvgIpc) is 2.72. The Morgan fingerprint density at radius 3 is 2.52 bits per heavy atom. The van der Waals surface area contributed by atoms with Crippen LogP contribution in [0.3, 0.4) is 0 Å². The normalized spacial score (nSPS) is 12.4. The van der Waals surface area contributed by atoms with Crippen molar-refractivity contribution in [2.45, 2.75) is 39.3 Å². The first-order valence-corrected chi connectivity index (χ1v) is 7.98. The van der Waals surface area contributed by atoms with E-state index in [-0.39, 0.29) is 6.04 Å². The molecule has 114 valence electrons. The van der Waals surface area contributed by atoms with Crippen LogP contribution in [0.15, 0.2) is 28.7 Å². The lowest BCUT2D eigenvalue weighted by molar-refractivity contribution is 0.294. The molecule has 0 aliphatic rings. The lowest BCUT2D eigenvalue weighted by Crippen LogP contribution is -2.17. The van der Waals surface area contributed by atoms with Gasteiger partial charge in [-0.25, -0.2) is 0 Å². The number of rotatable bonds is 6. The molecule has 0 bridgehead atoms. The highest BCUT2D eigenvalue weighted by atomic mass is 79.9. The molecule has 1 unspecified atom stereocenters. The maximum atomic E-state index is 5.85. The van der Waals surface area contributed by atoms with E-state index in [0.29, 0.717) is 6.61 Å². The second kappa shape index (κ2) is 7.09. The number of halogens is 1. The maximum Gasteiger partial charge on any atom is 0.131 e. The van der Waals surface area contributed by atoms with E-state index in [1.165, 1.54) is 5.56 Å². The molecule has 0 radical (unpaired) electrons. The maximum absolute atomic E-state index is 5.85. The average molecular weight is 352 g/mol. The van der Waals surface area contributed by atoms with E-state index in [1.807, 2.05) is 30.8 Å². The Morgan fingerprint density at radius 2 is 2.00 bits per heavy atom. The van der Waals surface area contributed by atoms with Gasteiger partial charge < -0.3 is 10.5 Å². The minimum absolute atomic E-state index is 0.176. The highest BCUT2D eigenvalue weighted by Gasteiger charge is 2.12. The number of aryl methyl sites for hydroxylation is 2. The van der Waals surface area contributed by atoms with Crippen molar-refractivity contribution in [3.8, 4) is 5.75 Å². The van der Waals surface area contributed by atoms with Crippen LogP contribution in [-0.2, 0) is 26.5 Å². The molecule has 0 aliphatic heterocycles. The Morgan fingerprint density at radius 1 is 1.33 bits per heavy atom. The summed E-state index contributed by atoms with van der Waals surface area (Å²) in [6, 6.07) is 8.28. The largest absolute Gasteiger partial charge is 0.487 e. The third kappa shape index (κ3) is 4.08. The topological polar surface area (TPSA) is 53.1 Å². The first kappa shape index (κ1) is 16.0. The molecule has 0 spiro atoms. The Bertz CT molecular complexity index is 590. The van der Waals surface area contributed by atoms with Crippen LogP contribution in [0, 0.1) is 0 Å². The molecule has 1 heterocycles. The first-order chi connectivity index (χ1) is 10.0. The van der Waals surface area contributed by atoms with E-state index < -0.39 is 0 Å². The van der Waals surface area contributed by atoms with Gasteiger partial charge in [-0.15, -0.1) is 0 Å². The van der Waals surface area contributed by atoms with Gasteiger partial charge in [0.2, 0.25) is 0 Å². The number of hydrogen-bond donors (Lipinski definition) is 1. The van der Waals surface area contributed by atoms with Crippen molar-refractivity contribution in [3.63, 3.8) is 0 Å². The smallest absolute Gasteiger partial charge is 0.131 e. The molecule has 4 nitrogen and oxygen atoms in total. The van der Waals surface area contributed by atoms with Crippen molar-refractivity contribution in [1.82, 2.24) is 9.78 Å². The zero-order valence-corrected chi connectivity index (χ0v) is 14.4. The van der Waals surface area contributed by atoms with E-state index in [0.717, 1.165) is 34.5 Å². The van der Waals surface area contributed by atoms with Crippen LogP contribution in [0.1, 0.15) is 30.8 Å². The molecule has 0 aliphatic carbocycles. The van der Waals surface area contributed by atoms with E-state index in [9.17, 15) is 0 Å². The molecule has 1 aromatic carbocycles. The van der Waals surface area contributed by atoms with Crippen LogP contribution >= 0.6 is 15.9 Å². The molecule has 1 atom stereocenters. The number of nitrogens with two attached hydrogens (primary N) is 1. The fourth-order valence-corrected chi connectivity index (χ4v) is 2.95. The summed E-state index contributed by atoms with van der Waals surface area (Å²) >= 11 is 3.60. The van der Waals surface area contributed by atoms with E-state index in [2.05, 4.69) is 40.1 Å². The Balaban J connectivity index is 2.01. The number of aromatic nitrogens is 2. The molecule has 5 heteroatoms. The van der Waals surface area contributed by atoms with Crippen LogP contribution in [0.25, 0.3) is 0 Å². The third-order valence-corrected chi connectivity index (χ3v) is 4.27. The number of benzene rings is 1. The lowest BCUT2D eigenvalue weighted by atomic mass is 10.1. The fourth-order valence-electron chi connectivity index (χ4n) is 2.22. The molecular weight excluding hydrogens is 330 g/mol. The molecule has 2 aromatic rings. The summed E-state index contributed by atoms with van der Waals surface area (Å²) in [7, 11) is 1.94. The van der Waals surface area contributed by atoms with Gasteiger partial charge in [0.15, 0.2) is 0 Å². The highest BCUT2D eigenvalue weighted by molar-refractivity contribution is 9.10. The van der Waals surface area contributed by atoms with Crippen LogP contribution in [0.5, 0.6) is 5.75 Å². The Kier molecular flexibility index (Phi) is 5.42. The Hall–Kier alpha value is -1.33. The van der Waals surface area contributed by atoms with Gasteiger partial charge in [-0.1, -0.05) is 19.1 Å². The zero-order chi connectivity index (χ0) is 15.4. The third-order valence-electron chi connectivity index (χ3n) is 3.36. The summed E-state index contributed by atoms with van der Waals surface area (Å²) in [6.07, 6.45) is 1.79. The van der Waals surface area contributed by atoms with Crippen LogP contribution < -0.4 is 10.5 Å². The molecule has 0 saturated heterocycles. The predicted octanol–water partition coefficient (Wildman–Crippen LogP) is 3.21. The molecule has 21 heavy (non-hydrogen) atoms. The quantitative estimate of drug-likeness (QED) is 0.869. The molecule has 2 rings (SSSR count). The molecule has 0 saturated carbocycles. The molecule has 0 amide bonds. The molecular formula is C16H22BrN3O. The van der Waals surface area contributed by atoms with Crippen molar-refractivity contribution < 1.29 is 4.74 Å². The van der Waals surface area contributed by atoms with Gasteiger partial charge in [0.1, 0.15) is 12.4 Å². The summed E-state index contributed by atoms with van der Waals surface area (Å²) in [5, 5.41) is 4.46. The van der Waals surface area contributed by atoms with E-state index in [4.69, 9.17) is 10.5 Å². The van der Waals surface area contributed by atoms with Gasteiger partial charge in [0.05, 0.1) is 15.9 Å². The summed E-state index contributed by atoms with van der Waals surface area (Å²) in [4.78, 5) is 0. The second-order valence-electron chi connectivity index (χ2n) is 5.30. The molecule has 1 aromatic heterocycles. The van der Waals surface area contributed by atoms with Gasteiger partial charge in [0.25, 0.3) is 0 Å². The minimum Gasteiger partial charge on any atom is -0.487 e. The van der Waals surface area contributed by atoms with E-state index >= 15 is 0 Å². The van der Waals surface area contributed by atoms with Crippen LogP contribution in [0.2, 0.25) is 0 Å². The van der Waals surface area contributed by atoms with Crippen molar-refractivity contribution in [2.75, 3.05) is 0 Å². The summed E-state index contributed by atoms with van der Waals surface area (Å²) in [6.45, 7) is 4.60. The monoisotopic (exact) mass is 351 g/mol. The van der Waals surface area contributed by atoms with E-state index in [1.54, 1.807) is 0 Å². The number of hydrogen-bond acceptors (Lipinski definition) is 3. The highest BCUT2D eigenvalue weighted by Crippen LogP contribution is 2.23. The molecule has 0 fully saturated rings. The Labute approximate surface area is 134 Å². The summed E-state index contributed by atoms with van der Waals surface area (Å²) < 4.78 is 8.76. The van der Waals surface area contributed by atoms with Crippen molar-refractivity contribution in [2.24, 2.45) is 12.8 Å². The van der Waals surface area contributed by atoms with Gasteiger partial charge in [0, 0.05) is 13.1 Å².